The van der Waals surface area contributed by atoms with E-state index in [9.17, 15) is 9.59 Å². The van der Waals surface area contributed by atoms with Crippen LogP contribution in [-0.4, -0.2) is 47.2 Å². The maximum atomic E-state index is 13.1. The Labute approximate surface area is 186 Å². The second kappa shape index (κ2) is 10.7. The third-order valence-corrected chi connectivity index (χ3v) is 6.18. The molecule has 3 rings (SSSR count). The van der Waals surface area contributed by atoms with Crippen molar-refractivity contribution in [2.24, 2.45) is 5.92 Å². The number of esters is 1. The molecule has 0 radical (unpaired) electrons. The zero-order chi connectivity index (χ0) is 21.5. The van der Waals surface area contributed by atoms with E-state index in [1.54, 1.807) is 40.9 Å². The van der Waals surface area contributed by atoms with E-state index in [1.807, 2.05) is 44.2 Å². The predicted molar refractivity (Wildman–Crippen MR) is 120 cm³/mol. The Bertz CT molecular complexity index is 844. The molecule has 0 saturated carbocycles. The summed E-state index contributed by atoms with van der Waals surface area (Å²) < 4.78 is 11.1. The highest BCUT2D eigenvalue weighted by molar-refractivity contribution is 8.00. The average Bonchev–Trinajstić information content (AvgIpc) is 3.15. The van der Waals surface area contributed by atoms with Crippen LogP contribution in [0.3, 0.4) is 0 Å². The van der Waals surface area contributed by atoms with Gasteiger partial charge in [-0.2, -0.15) is 0 Å². The second-order valence-corrected chi connectivity index (χ2v) is 9.21. The van der Waals surface area contributed by atoms with Crippen LogP contribution in [0.4, 0.5) is 0 Å². The number of hydrogen-bond donors (Lipinski definition) is 0. The van der Waals surface area contributed by atoms with Crippen molar-refractivity contribution in [3.8, 4) is 5.75 Å². The molecule has 0 spiro atoms. The van der Waals surface area contributed by atoms with Crippen LogP contribution < -0.4 is 4.74 Å². The van der Waals surface area contributed by atoms with Crippen molar-refractivity contribution in [1.82, 2.24) is 4.90 Å². The molecule has 0 bridgehead atoms. The summed E-state index contributed by atoms with van der Waals surface area (Å²) in [6.07, 6.45) is 0.659. The number of halogens is 1. The summed E-state index contributed by atoms with van der Waals surface area (Å²) in [5.41, 5.74) is 1.11. The van der Waals surface area contributed by atoms with Crippen LogP contribution in [0.1, 0.15) is 19.4 Å². The molecule has 2 unspecified atom stereocenters. The molecule has 7 heteroatoms. The lowest BCUT2D eigenvalue weighted by Crippen LogP contribution is -2.48. The van der Waals surface area contributed by atoms with Gasteiger partial charge in [-0.15, -0.1) is 11.8 Å². The van der Waals surface area contributed by atoms with Crippen molar-refractivity contribution in [1.29, 1.82) is 0 Å². The van der Waals surface area contributed by atoms with Crippen molar-refractivity contribution in [3.05, 3.63) is 65.2 Å². The van der Waals surface area contributed by atoms with E-state index in [2.05, 4.69) is 0 Å². The Hall–Kier alpha value is -2.18. The molecule has 1 amide bonds. The zero-order valence-electron chi connectivity index (χ0n) is 17.1. The maximum Gasteiger partial charge on any atom is 0.329 e. The fourth-order valence-corrected chi connectivity index (χ4v) is 4.71. The van der Waals surface area contributed by atoms with E-state index in [4.69, 9.17) is 21.1 Å². The van der Waals surface area contributed by atoms with E-state index in [-0.39, 0.29) is 29.8 Å². The van der Waals surface area contributed by atoms with Crippen molar-refractivity contribution in [2.75, 3.05) is 19.0 Å². The van der Waals surface area contributed by atoms with E-state index in [0.717, 1.165) is 5.56 Å². The summed E-state index contributed by atoms with van der Waals surface area (Å²) in [6.45, 7) is 4.16. The molecule has 1 aliphatic rings. The van der Waals surface area contributed by atoms with E-state index >= 15 is 0 Å². The van der Waals surface area contributed by atoms with E-state index < -0.39 is 6.04 Å². The van der Waals surface area contributed by atoms with Gasteiger partial charge in [-0.3, -0.25) is 4.79 Å². The van der Waals surface area contributed by atoms with Crippen LogP contribution in [0, 0.1) is 5.92 Å². The first-order chi connectivity index (χ1) is 14.4. The Kier molecular flexibility index (Phi) is 8.05. The smallest absolute Gasteiger partial charge is 0.329 e. The average molecular weight is 448 g/mol. The monoisotopic (exact) mass is 447 g/mol. The zero-order valence-corrected chi connectivity index (χ0v) is 18.7. The number of nitrogens with zero attached hydrogens (tertiary/aromatic N) is 1. The Balaban J connectivity index is 1.71. The van der Waals surface area contributed by atoms with Crippen LogP contribution in [-0.2, 0) is 20.7 Å². The molecule has 0 aliphatic carbocycles. The molecule has 30 heavy (non-hydrogen) atoms. The number of carbonyl (C=O) groups excluding carboxylic acids is 2. The van der Waals surface area contributed by atoms with Gasteiger partial charge in [0.05, 0.1) is 12.0 Å². The van der Waals surface area contributed by atoms with Gasteiger partial charge >= 0.3 is 5.97 Å². The number of carbonyl (C=O) groups is 2. The lowest BCUT2D eigenvalue weighted by molar-refractivity contribution is -0.155. The summed E-state index contributed by atoms with van der Waals surface area (Å²) in [4.78, 5) is 27.4. The van der Waals surface area contributed by atoms with Gasteiger partial charge in [0.25, 0.3) is 5.91 Å². The van der Waals surface area contributed by atoms with Crippen molar-refractivity contribution >= 4 is 35.2 Å². The maximum absolute atomic E-state index is 13.1. The summed E-state index contributed by atoms with van der Waals surface area (Å²) in [5.74, 6) is 0.717. The Morgan fingerprint density at radius 3 is 2.50 bits per heavy atom. The van der Waals surface area contributed by atoms with Crippen molar-refractivity contribution in [2.45, 2.75) is 31.7 Å². The highest BCUT2D eigenvalue weighted by Gasteiger charge is 2.42. The molecule has 5 nitrogen and oxygen atoms in total. The summed E-state index contributed by atoms with van der Waals surface area (Å²) in [7, 11) is 0. The molecule has 0 aromatic heterocycles. The second-order valence-electron chi connectivity index (χ2n) is 7.56. The number of benzene rings is 2. The van der Waals surface area contributed by atoms with Gasteiger partial charge in [0, 0.05) is 17.2 Å². The molecule has 160 valence electrons. The van der Waals surface area contributed by atoms with Crippen molar-refractivity contribution < 1.29 is 19.1 Å². The molecule has 1 fully saturated rings. The topological polar surface area (TPSA) is 55.8 Å². The highest BCUT2D eigenvalue weighted by Crippen LogP contribution is 2.32. The normalized spacial score (nSPS) is 18.5. The minimum Gasteiger partial charge on any atom is -0.484 e. The van der Waals surface area contributed by atoms with E-state index in [0.29, 0.717) is 29.6 Å². The number of amides is 1. The largest absolute Gasteiger partial charge is 0.484 e. The quantitative estimate of drug-likeness (QED) is 0.560. The lowest BCUT2D eigenvalue weighted by Gasteiger charge is -2.28. The predicted octanol–water partition coefficient (Wildman–Crippen LogP) is 4.43. The van der Waals surface area contributed by atoms with Crippen LogP contribution in [0.2, 0.25) is 5.02 Å². The highest BCUT2D eigenvalue weighted by atomic mass is 35.5. The Morgan fingerprint density at radius 2 is 1.83 bits per heavy atom. The molecule has 1 saturated heterocycles. The number of rotatable bonds is 8. The summed E-state index contributed by atoms with van der Waals surface area (Å²) in [5, 5.41) is 0.450. The van der Waals surface area contributed by atoms with Crippen LogP contribution in [0.15, 0.2) is 54.6 Å². The van der Waals surface area contributed by atoms with Crippen LogP contribution in [0.5, 0.6) is 5.75 Å². The van der Waals surface area contributed by atoms with Gasteiger partial charge in [0.2, 0.25) is 0 Å². The van der Waals surface area contributed by atoms with Gasteiger partial charge < -0.3 is 14.4 Å². The third kappa shape index (κ3) is 6.16. The molecular formula is C23H26ClNO4S. The van der Waals surface area contributed by atoms with Gasteiger partial charge in [0.1, 0.15) is 11.8 Å². The molecule has 1 heterocycles. The first kappa shape index (κ1) is 22.5. The van der Waals surface area contributed by atoms with E-state index in [1.165, 1.54) is 0 Å². The van der Waals surface area contributed by atoms with Gasteiger partial charge in [0.15, 0.2) is 6.61 Å². The first-order valence-corrected chi connectivity index (χ1v) is 11.4. The minimum atomic E-state index is -0.608. The molecular weight excluding hydrogens is 422 g/mol. The van der Waals surface area contributed by atoms with Crippen LogP contribution in [0.25, 0.3) is 0 Å². The van der Waals surface area contributed by atoms with Crippen molar-refractivity contribution in [3.63, 3.8) is 0 Å². The van der Waals surface area contributed by atoms with Gasteiger partial charge in [-0.25, -0.2) is 4.79 Å². The fourth-order valence-electron chi connectivity index (χ4n) is 3.15. The third-order valence-electron chi connectivity index (χ3n) is 4.64. The number of hydrogen-bond acceptors (Lipinski definition) is 5. The molecule has 2 atom stereocenters. The summed E-state index contributed by atoms with van der Waals surface area (Å²) >= 11 is 7.49. The first-order valence-electron chi connectivity index (χ1n) is 9.95. The Morgan fingerprint density at radius 1 is 1.13 bits per heavy atom. The minimum absolute atomic E-state index is 0.148. The fraction of sp³-hybridized carbons (Fsp3) is 0.391. The molecule has 2 aromatic rings. The number of ether oxygens (including phenoxy) is 2. The molecule has 2 aromatic carbocycles. The summed E-state index contributed by atoms with van der Waals surface area (Å²) in [6, 6.07) is 16.2. The lowest BCUT2D eigenvalue weighted by atomic mass is 10.1. The van der Waals surface area contributed by atoms with Crippen LogP contribution >= 0.6 is 23.4 Å². The SMILES string of the molecule is CC(C)COC(=O)C1CSC(Cc2ccccc2)N1C(=O)COc1ccc(Cl)cc1. The van der Waals surface area contributed by atoms with Gasteiger partial charge in [-0.05, 0) is 35.7 Å². The number of thioether (sulfide) groups is 1. The van der Waals surface area contributed by atoms with Gasteiger partial charge in [-0.1, -0.05) is 55.8 Å². The standard InChI is InChI=1S/C23H26ClNO4S/c1-16(2)13-29-23(27)20-15-30-22(12-17-6-4-3-5-7-17)25(20)21(26)14-28-19-10-8-18(24)9-11-19/h3-11,16,20,22H,12-15H2,1-2H3. The molecule has 1 aliphatic heterocycles. The molecule has 0 N–H and O–H groups in total.